The quantitative estimate of drug-likeness (QED) is 0.642. The molecule has 0 saturated heterocycles. The molecule has 0 radical (unpaired) electrons. The average Bonchev–Trinajstić information content (AvgIpc) is 2.22. The van der Waals surface area contributed by atoms with Crippen LogP contribution in [0.5, 0.6) is 0 Å². The highest BCUT2D eigenvalue weighted by atomic mass is 32.1. The molecule has 15 heavy (non-hydrogen) atoms. The van der Waals surface area contributed by atoms with E-state index in [9.17, 15) is 4.79 Å². The molecule has 0 rings (SSSR count). The smallest absolute Gasteiger partial charge is 0.223 e. The molecule has 0 aliphatic heterocycles. The normalized spacial score (nSPS) is 11.1. The van der Waals surface area contributed by atoms with Gasteiger partial charge in [0.05, 0.1) is 17.1 Å². The first-order valence-electron chi connectivity index (χ1n) is 5.12. The summed E-state index contributed by atoms with van der Waals surface area (Å²) in [6.07, 6.45) is 1.75. The van der Waals surface area contributed by atoms with Crippen LogP contribution in [0.3, 0.4) is 0 Å². The number of rotatable bonds is 7. The maximum Gasteiger partial charge on any atom is 0.223 e. The Hall–Kier alpha value is -0.680. The predicted molar refractivity (Wildman–Crippen MR) is 64.7 cm³/mol. The summed E-state index contributed by atoms with van der Waals surface area (Å²) in [5.74, 6) is -0.0756. The van der Waals surface area contributed by atoms with E-state index in [1.807, 2.05) is 13.8 Å². The zero-order valence-corrected chi connectivity index (χ0v) is 10.4. The number of nitrogens with two attached hydrogens (primary N) is 1. The first-order chi connectivity index (χ1) is 7.02. The summed E-state index contributed by atoms with van der Waals surface area (Å²) >= 11 is 4.99. The molecule has 0 aromatic carbocycles. The molecule has 88 valence electrons. The first-order valence-corrected chi connectivity index (χ1v) is 5.53. The van der Waals surface area contributed by atoms with Crippen molar-refractivity contribution in [3.8, 4) is 0 Å². The van der Waals surface area contributed by atoms with Crippen LogP contribution < -0.4 is 11.1 Å². The Labute approximate surface area is 96.5 Å². The van der Waals surface area contributed by atoms with E-state index in [4.69, 9.17) is 22.7 Å². The van der Waals surface area contributed by atoms with Crippen molar-refractivity contribution >= 4 is 23.1 Å². The van der Waals surface area contributed by atoms with Gasteiger partial charge in [-0.15, -0.1) is 0 Å². The Morgan fingerprint density at radius 2 is 2.00 bits per heavy atom. The molecule has 0 aromatic rings. The molecular weight excluding hydrogens is 212 g/mol. The third kappa shape index (κ3) is 4.13. The van der Waals surface area contributed by atoms with E-state index in [-0.39, 0.29) is 5.91 Å². The third-order valence-corrected chi connectivity index (χ3v) is 2.98. The molecule has 0 heterocycles. The Kier molecular flexibility index (Phi) is 6.43. The predicted octanol–water partition coefficient (Wildman–Crippen LogP) is 0.984. The maximum atomic E-state index is 11.5. The van der Waals surface area contributed by atoms with E-state index in [0.29, 0.717) is 30.9 Å². The summed E-state index contributed by atoms with van der Waals surface area (Å²) < 4.78 is 4.83. The summed E-state index contributed by atoms with van der Waals surface area (Å²) in [4.78, 5) is 11.9. The van der Waals surface area contributed by atoms with Crippen LogP contribution >= 0.6 is 12.2 Å². The van der Waals surface area contributed by atoms with Gasteiger partial charge < -0.3 is 15.8 Å². The van der Waals surface area contributed by atoms with E-state index < -0.39 is 5.54 Å². The standard InChI is InChI=1S/C10H20N2O2S/c1-4-10(5-2,9(11)15)12-8(13)6-7-14-3/h4-7H2,1-3H3,(H2,11,15)(H,12,13). The molecule has 0 unspecified atom stereocenters. The highest BCUT2D eigenvalue weighted by molar-refractivity contribution is 7.80. The molecule has 3 N–H and O–H groups in total. The molecule has 5 heteroatoms. The Bertz CT molecular complexity index is 227. The summed E-state index contributed by atoms with van der Waals surface area (Å²) in [5, 5.41) is 2.88. The lowest BCUT2D eigenvalue weighted by atomic mass is 9.92. The van der Waals surface area contributed by atoms with Gasteiger partial charge in [-0.2, -0.15) is 0 Å². The number of ether oxygens (including phenoxy) is 1. The minimum Gasteiger partial charge on any atom is -0.391 e. The highest BCUT2D eigenvalue weighted by Crippen LogP contribution is 2.15. The maximum absolute atomic E-state index is 11.5. The fraction of sp³-hybridized carbons (Fsp3) is 0.800. The van der Waals surface area contributed by atoms with E-state index in [1.54, 1.807) is 7.11 Å². The second-order valence-electron chi connectivity index (χ2n) is 3.44. The summed E-state index contributed by atoms with van der Waals surface area (Å²) in [5.41, 5.74) is 5.11. The molecule has 0 fully saturated rings. The number of amides is 1. The molecule has 0 bridgehead atoms. The van der Waals surface area contributed by atoms with Crippen molar-refractivity contribution in [1.29, 1.82) is 0 Å². The SMILES string of the molecule is CCC(CC)(NC(=O)CCOC)C(N)=S. The van der Waals surface area contributed by atoms with Crippen LogP contribution in [0.2, 0.25) is 0 Å². The zero-order valence-electron chi connectivity index (χ0n) is 9.63. The first kappa shape index (κ1) is 14.3. The van der Waals surface area contributed by atoms with Gasteiger partial charge in [-0.05, 0) is 12.8 Å². The number of hydrogen-bond acceptors (Lipinski definition) is 3. The van der Waals surface area contributed by atoms with Gasteiger partial charge in [0.15, 0.2) is 0 Å². The van der Waals surface area contributed by atoms with Crippen molar-refractivity contribution < 1.29 is 9.53 Å². The van der Waals surface area contributed by atoms with Gasteiger partial charge in [0, 0.05) is 13.5 Å². The van der Waals surface area contributed by atoms with Crippen molar-refractivity contribution in [2.75, 3.05) is 13.7 Å². The lowest BCUT2D eigenvalue weighted by molar-refractivity contribution is -0.123. The van der Waals surface area contributed by atoms with Crippen LogP contribution in [0.4, 0.5) is 0 Å². The number of carbonyl (C=O) groups is 1. The molecule has 1 amide bonds. The molecule has 0 saturated carbocycles. The van der Waals surface area contributed by atoms with Crippen molar-refractivity contribution in [3.05, 3.63) is 0 Å². The van der Waals surface area contributed by atoms with Crippen LogP contribution in [0.25, 0.3) is 0 Å². The number of carbonyl (C=O) groups excluding carboxylic acids is 1. The van der Waals surface area contributed by atoms with Gasteiger partial charge in [-0.25, -0.2) is 0 Å². The van der Waals surface area contributed by atoms with E-state index in [0.717, 1.165) is 0 Å². The van der Waals surface area contributed by atoms with Crippen LogP contribution in [0.15, 0.2) is 0 Å². The summed E-state index contributed by atoms with van der Waals surface area (Å²) in [6, 6.07) is 0. The van der Waals surface area contributed by atoms with Crippen LogP contribution in [0.1, 0.15) is 33.1 Å². The van der Waals surface area contributed by atoms with Crippen LogP contribution in [0, 0.1) is 0 Å². The third-order valence-electron chi connectivity index (χ3n) is 2.59. The molecule has 0 atom stereocenters. The van der Waals surface area contributed by atoms with Gasteiger partial charge in [-0.1, -0.05) is 26.1 Å². The number of methoxy groups -OCH3 is 1. The van der Waals surface area contributed by atoms with Crippen LogP contribution in [-0.4, -0.2) is 30.2 Å². The second kappa shape index (κ2) is 6.74. The average molecular weight is 232 g/mol. The molecule has 0 aromatic heterocycles. The van der Waals surface area contributed by atoms with Gasteiger partial charge in [0.25, 0.3) is 0 Å². The lowest BCUT2D eigenvalue weighted by Crippen LogP contribution is -2.56. The van der Waals surface area contributed by atoms with Crippen molar-refractivity contribution in [2.45, 2.75) is 38.6 Å². The largest absolute Gasteiger partial charge is 0.391 e. The molecular formula is C10H20N2O2S. The van der Waals surface area contributed by atoms with Crippen molar-refractivity contribution in [2.24, 2.45) is 5.73 Å². The summed E-state index contributed by atoms with van der Waals surface area (Å²) in [6.45, 7) is 4.32. The minimum atomic E-state index is -0.542. The van der Waals surface area contributed by atoms with Gasteiger partial charge in [0.1, 0.15) is 0 Å². The Morgan fingerprint density at radius 3 is 2.33 bits per heavy atom. The Balaban J connectivity index is 4.40. The van der Waals surface area contributed by atoms with Crippen LogP contribution in [-0.2, 0) is 9.53 Å². The topological polar surface area (TPSA) is 64.3 Å². The number of nitrogens with one attached hydrogen (secondary N) is 1. The fourth-order valence-corrected chi connectivity index (χ4v) is 1.70. The highest BCUT2D eigenvalue weighted by Gasteiger charge is 2.30. The van der Waals surface area contributed by atoms with Gasteiger partial charge >= 0.3 is 0 Å². The molecule has 0 spiro atoms. The number of hydrogen-bond donors (Lipinski definition) is 2. The monoisotopic (exact) mass is 232 g/mol. The minimum absolute atomic E-state index is 0.0756. The fourth-order valence-electron chi connectivity index (χ4n) is 1.36. The van der Waals surface area contributed by atoms with Crippen molar-refractivity contribution in [1.82, 2.24) is 5.32 Å². The van der Waals surface area contributed by atoms with Gasteiger partial charge in [-0.3, -0.25) is 4.79 Å². The number of thiocarbonyl (C=S) groups is 1. The molecule has 4 nitrogen and oxygen atoms in total. The second-order valence-corrected chi connectivity index (χ2v) is 3.88. The van der Waals surface area contributed by atoms with E-state index in [1.165, 1.54) is 0 Å². The molecule has 0 aliphatic rings. The van der Waals surface area contributed by atoms with Crippen molar-refractivity contribution in [3.63, 3.8) is 0 Å². The Morgan fingerprint density at radius 1 is 1.47 bits per heavy atom. The lowest BCUT2D eigenvalue weighted by Gasteiger charge is -2.31. The van der Waals surface area contributed by atoms with Gasteiger partial charge in [0.2, 0.25) is 5.91 Å². The molecule has 0 aliphatic carbocycles. The zero-order chi connectivity index (χ0) is 11.9. The summed E-state index contributed by atoms with van der Waals surface area (Å²) in [7, 11) is 1.56. The van der Waals surface area contributed by atoms with E-state index >= 15 is 0 Å². The van der Waals surface area contributed by atoms with E-state index in [2.05, 4.69) is 5.32 Å².